The Morgan fingerprint density at radius 1 is 1.67 bits per heavy atom. The Kier molecular flexibility index (Phi) is 3.36. The molecule has 0 amide bonds. The van der Waals surface area contributed by atoms with Crippen molar-refractivity contribution in [2.24, 2.45) is 0 Å². The van der Waals surface area contributed by atoms with Crippen LogP contribution in [0.1, 0.15) is 10.6 Å². The number of aromatic nitrogens is 2. The minimum absolute atomic E-state index is 0.742. The van der Waals surface area contributed by atoms with Crippen molar-refractivity contribution < 1.29 is 0 Å². The zero-order valence-electron chi connectivity index (χ0n) is 8.00. The van der Waals surface area contributed by atoms with Gasteiger partial charge in [0.15, 0.2) is 0 Å². The Morgan fingerprint density at radius 3 is 2.87 bits per heavy atom. The van der Waals surface area contributed by atoms with E-state index in [1.54, 1.807) is 11.3 Å². The predicted octanol–water partition coefficient (Wildman–Crippen LogP) is 3.25. The lowest BCUT2D eigenvalue weighted by molar-refractivity contribution is 0.697. The third kappa shape index (κ3) is 2.36. The average Bonchev–Trinajstić information content (AvgIpc) is 2.68. The molecule has 0 aromatic carbocycles. The number of anilines is 1. The Bertz CT molecular complexity index is 492. The summed E-state index contributed by atoms with van der Waals surface area (Å²) in [6.45, 7) is 2.71. The molecule has 0 aliphatic heterocycles. The van der Waals surface area contributed by atoms with Crippen LogP contribution < -0.4 is 5.73 Å². The fourth-order valence-corrected chi connectivity index (χ4v) is 3.10. The molecule has 2 rings (SSSR count). The Labute approximate surface area is 114 Å². The van der Waals surface area contributed by atoms with Gasteiger partial charge in [-0.3, -0.25) is 0 Å². The van der Waals surface area contributed by atoms with Gasteiger partial charge < -0.3 is 5.73 Å². The number of nitrogen functional groups attached to an aromatic ring is 1. The molecule has 2 N–H and O–H groups in total. The third-order valence-corrected chi connectivity index (χ3v) is 5.03. The molecule has 0 aliphatic carbocycles. The van der Waals surface area contributed by atoms with E-state index < -0.39 is 0 Å². The van der Waals surface area contributed by atoms with Crippen molar-refractivity contribution in [3.63, 3.8) is 0 Å². The number of hydrogen-bond donors (Lipinski definition) is 1. The molecule has 2 heterocycles. The summed E-state index contributed by atoms with van der Waals surface area (Å²) < 4.78 is 4.00. The number of aryl methyl sites for hydroxylation is 1. The fraction of sp³-hybridized carbons (Fsp3) is 0.222. The molecule has 0 saturated heterocycles. The van der Waals surface area contributed by atoms with Crippen molar-refractivity contribution in [2.45, 2.75) is 13.5 Å². The lowest BCUT2D eigenvalue weighted by atomic mass is 10.4. The number of nitrogens with two attached hydrogens (primary N) is 1. The van der Waals surface area contributed by atoms with Crippen molar-refractivity contribution in [3.8, 4) is 0 Å². The summed E-state index contributed by atoms with van der Waals surface area (Å²) in [4.78, 5) is 1.24. The van der Waals surface area contributed by atoms with Gasteiger partial charge in [0.1, 0.15) is 5.82 Å². The SMILES string of the molecule is Cc1nn(Cc2cc(Br)cs2)c(N)c1I. The maximum Gasteiger partial charge on any atom is 0.135 e. The van der Waals surface area contributed by atoms with Crippen LogP contribution in [0.5, 0.6) is 0 Å². The van der Waals surface area contributed by atoms with E-state index in [1.165, 1.54) is 4.88 Å². The first-order valence-electron chi connectivity index (χ1n) is 4.29. The monoisotopic (exact) mass is 397 g/mol. The Hall–Kier alpha value is -0.0800. The lowest BCUT2D eigenvalue weighted by Gasteiger charge is -2.00. The summed E-state index contributed by atoms with van der Waals surface area (Å²) in [6, 6.07) is 2.09. The van der Waals surface area contributed by atoms with E-state index >= 15 is 0 Å². The van der Waals surface area contributed by atoms with Crippen LogP contribution >= 0.6 is 49.9 Å². The average molecular weight is 398 g/mol. The molecule has 0 unspecified atom stereocenters. The first kappa shape index (κ1) is 11.4. The van der Waals surface area contributed by atoms with Gasteiger partial charge in [0.25, 0.3) is 0 Å². The topological polar surface area (TPSA) is 43.8 Å². The van der Waals surface area contributed by atoms with Crippen LogP contribution in [0.2, 0.25) is 0 Å². The van der Waals surface area contributed by atoms with E-state index in [9.17, 15) is 0 Å². The molecule has 0 radical (unpaired) electrons. The van der Waals surface area contributed by atoms with Crippen molar-refractivity contribution >= 4 is 55.7 Å². The number of nitrogens with zero attached hydrogens (tertiary/aromatic N) is 2. The lowest BCUT2D eigenvalue weighted by Crippen LogP contribution is -2.05. The van der Waals surface area contributed by atoms with E-state index in [1.807, 2.05) is 11.6 Å². The second-order valence-electron chi connectivity index (χ2n) is 3.17. The molecule has 0 saturated carbocycles. The quantitative estimate of drug-likeness (QED) is 0.790. The summed E-state index contributed by atoms with van der Waals surface area (Å²) in [5.74, 6) is 0.748. The molecule has 6 heteroatoms. The number of rotatable bonds is 2. The summed E-state index contributed by atoms with van der Waals surface area (Å²) in [5.41, 5.74) is 6.93. The van der Waals surface area contributed by atoms with E-state index in [0.717, 1.165) is 26.1 Å². The molecule has 2 aromatic rings. The van der Waals surface area contributed by atoms with Crippen molar-refractivity contribution in [1.82, 2.24) is 9.78 Å². The van der Waals surface area contributed by atoms with E-state index in [2.05, 4.69) is 55.1 Å². The zero-order valence-corrected chi connectivity index (χ0v) is 12.6. The van der Waals surface area contributed by atoms with Gasteiger partial charge in [-0.15, -0.1) is 11.3 Å². The van der Waals surface area contributed by atoms with Crippen molar-refractivity contribution in [2.75, 3.05) is 5.73 Å². The fourth-order valence-electron chi connectivity index (χ4n) is 1.28. The van der Waals surface area contributed by atoms with Crippen LogP contribution in [0.25, 0.3) is 0 Å². The summed E-state index contributed by atoms with van der Waals surface area (Å²) in [5, 5.41) is 6.45. The molecule has 0 spiro atoms. The van der Waals surface area contributed by atoms with Crippen LogP contribution in [0, 0.1) is 10.5 Å². The molecule has 0 fully saturated rings. The van der Waals surface area contributed by atoms with Crippen LogP contribution in [-0.4, -0.2) is 9.78 Å². The molecular formula is C9H9BrIN3S. The van der Waals surface area contributed by atoms with Gasteiger partial charge >= 0.3 is 0 Å². The van der Waals surface area contributed by atoms with Crippen LogP contribution in [0.15, 0.2) is 15.9 Å². The first-order chi connectivity index (χ1) is 7.08. The molecule has 3 nitrogen and oxygen atoms in total. The number of thiophene rings is 1. The Balaban J connectivity index is 2.28. The van der Waals surface area contributed by atoms with E-state index in [0.29, 0.717) is 0 Å². The molecule has 80 valence electrons. The predicted molar refractivity (Wildman–Crippen MR) is 75.2 cm³/mol. The van der Waals surface area contributed by atoms with Gasteiger partial charge in [0.05, 0.1) is 15.8 Å². The van der Waals surface area contributed by atoms with Gasteiger partial charge in [-0.1, -0.05) is 0 Å². The molecule has 2 aromatic heterocycles. The molecule has 0 atom stereocenters. The minimum Gasteiger partial charge on any atom is -0.383 e. The standard InChI is InChI=1S/C9H9BrIN3S/c1-5-8(11)9(12)14(13-5)3-7-2-6(10)4-15-7/h2,4H,3,12H2,1H3. The molecule has 15 heavy (non-hydrogen) atoms. The largest absolute Gasteiger partial charge is 0.383 e. The molecule has 0 aliphatic rings. The summed E-state index contributed by atoms with van der Waals surface area (Å²) in [6.07, 6.45) is 0. The highest BCUT2D eigenvalue weighted by Gasteiger charge is 2.10. The van der Waals surface area contributed by atoms with Crippen molar-refractivity contribution in [3.05, 3.63) is 30.1 Å². The summed E-state index contributed by atoms with van der Waals surface area (Å²) in [7, 11) is 0. The number of hydrogen-bond acceptors (Lipinski definition) is 3. The normalized spacial score (nSPS) is 10.9. The maximum absolute atomic E-state index is 5.94. The Morgan fingerprint density at radius 2 is 2.40 bits per heavy atom. The van der Waals surface area contributed by atoms with Crippen molar-refractivity contribution in [1.29, 1.82) is 0 Å². The smallest absolute Gasteiger partial charge is 0.135 e. The van der Waals surface area contributed by atoms with Gasteiger partial charge in [0, 0.05) is 14.7 Å². The van der Waals surface area contributed by atoms with E-state index in [-0.39, 0.29) is 0 Å². The number of halogens is 2. The highest BCUT2D eigenvalue weighted by molar-refractivity contribution is 14.1. The van der Waals surface area contributed by atoms with E-state index in [4.69, 9.17) is 5.73 Å². The first-order valence-corrected chi connectivity index (χ1v) is 7.04. The highest BCUT2D eigenvalue weighted by atomic mass is 127. The molecule has 0 bridgehead atoms. The second-order valence-corrected chi connectivity index (χ2v) is 6.16. The summed E-state index contributed by atoms with van der Waals surface area (Å²) >= 11 is 7.36. The van der Waals surface area contributed by atoms with Gasteiger partial charge in [-0.2, -0.15) is 5.10 Å². The highest BCUT2D eigenvalue weighted by Crippen LogP contribution is 2.23. The van der Waals surface area contributed by atoms with Crippen LogP contribution in [0.4, 0.5) is 5.82 Å². The van der Waals surface area contributed by atoms with Crippen LogP contribution in [0.3, 0.4) is 0 Å². The maximum atomic E-state index is 5.94. The van der Waals surface area contributed by atoms with Crippen LogP contribution in [-0.2, 0) is 6.54 Å². The zero-order chi connectivity index (χ0) is 11.0. The second kappa shape index (κ2) is 4.42. The van der Waals surface area contributed by atoms with Gasteiger partial charge in [-0.25, -0.2) is 4.68 Å². The van der Waals surface area contributed by atoms with Gasteiger partial charge in [0.2, 0.25) is 0 Å². The third-order valence-electron chi connectivity index (χ3n) is 2.02. The molecular weight excluding hydrogens is 389 g/mol. The minimum atomic E-state index is 0.742. The van der Waals surface area contributed by atoms with Gasteiger partial charge in [-0.05, 0) is 51.5 Å².